The number of nitrogens with zero attached hydrogens (tertiary/aromatic N) is 1. The number of ether oxygens (including phenoxy) is 5. The second-order valence-corrected chi connectivity index (χ2v) is 10.1. The number of hydrogen-bond acceptors (Lipinski definition) is 10. The van der Waals surface area contributed by atoms with Gasteiger partial charge in [-0.3, -0.25) is 4.79 Å². The fourth-order valence-corrected chi connectivity index (χ4v) is 6.06. The third-order valence-corrected chi connectivity index (χ3v) is 7.81. The largest absolute Gasteiger partial charge is 0.493 e. The lowest BCUT2D eigenvalue weighted by Gasteiger charge is -2.28. The van der Waals surface area contributed by atoms with Crippen LogP contribution in [-0.4, -0.2) is 57.4 Å². The maximum absolute atomic E-state index is 13.2. The SMILES string of the molecule is CCOC(=O)N1CCc2c(sc3c2C(=O)N[C@@H](c2cccc(OC(=O)c4cc(OC)c(OC)c(OC)c4)c2)N3)C1. The summed E-state index contributed by atoms with van der Waals surface area (Å²) in [5.41, 5.74) is 2.49. The van der Waals surface area contributed by atoms with Crippen molar-refractivity contribution in [1.29, 1.82) is 0 Å². The highest BCUT2D eigenvalue weighted by Crippen LogP contribution is 2.41. The van der Waals surface area contributed by atoms with Crippen LogP contribution in [0, 0.1) is 0 Å². The maximum atomic E-state index is 13.2. The first-order valence-electron chi connectivity index (χ1n) is 12.6. The van der Waals surface area contributed by atoms with Crippen LogP contribution >= 0.6 is 11.3 Å². The number of esters is 1. The fraction of sp³-hybridized carbons (Fsp3) is 0.321. The molecule has 0 fully saturated rings. The van der Waals surface area contributed by atoms with E-state index in [-0.39, 0.29) is 17.6 Å². The highest BCUT2D eigenvalue weighted by atomic mass is 32.1. The Morgan fingerprint density at radius 2 is 1.80 bits per heavy atom. The number of nitrogens with one attached hydrogen (secondary N) is 2. The molecule has 2 aliphatic rings. The number of rotatable bonds is 7. The van der Waals surface area contributed by atoms with Crippen LogP contribution in [0.1, 0.15) is 49.8 Å². The van der Waals surface area contributed by atoms with Crippen molar-refractivity contribution in [2.24, 2.45) is 0 Å². The van der Waals surface area contributed by atoms with E-state index in [1.807, 2.05) is 6.07 Å². The van der Waals surface area contributed by atoms with Crippen molar-refractivity contribution < 1.29 is 38.1 Å². The second-order valence-electron chi connectivity index (χ2n) is 9.01. The first kappa shape index (κ1) is 27.1. The molecule has 0 aliphatic carbocycles. The predicted molar refractivity (Wildman–Crippen MR) is 147 cm³/mol. The Morgan fingerprint density at radius 1 is 1.05 bits per heavy atom. The lowest BCUT2D eigenvalue weighted by molar-refractivity contribution is 0.0732. The molecule has 3 aromatic rings. The van der Waals surface area contributed by atoms with E-state index < -0.39 is 12.1 Å². The molecular formula is C28H29N3O8S. The minimum absolute atomic E-state index is 0.194. The fourth-order valence-electron chi connectivity index (χ4n) is 4.78. The molecule has 12 heteroatoms. The lowest BCUT2D eigenvalue weighted by Crippen LogP contribution is -2.39. The molecular weight excluding hydrogens is 538 g/mol. The summed E-state index contributed by atoms with van der Waals surface area (Å²) < 4.78 is 26.8. The highest BCUT2D eigenvalue weighted by molar-refractivity contribution is 7.16. The van der Waals surface area contributed by atoms with Gasteiger partial charge in [0.1, 0.15) is 16.9 Å². The number of thiophene rings is 1. The normalized spacial score (nSPS) is 15.7. The molecule has 5 rings (SSSR count). The van der Waals surface area contributed by atoms with Gasteiger partial charge < -0.3 is 39.2 Å². The monoisotopic (exact) mass is 567 g/mol. The Balaban J connectivity index is 1.34. The molecule has 40 heavy (non-hydrogen) atoms. The Labute approximate surface area is 234 Å². The Kier molecular flexibility index (Phi) is 7.69. The quantitative estimate of drug-likeness (QED) is 0.316. The Morgan fingerprint density at radius 3 is 2.48 bits per heavy atom. The van der Waals surface area contributed by atoms with Crippen LogP contribution in [0.15, 0.2) is 36.4 Å². The van der Waals surface area contributed by atoms with Gasteiger partial charge in [0.15, 0.2) is 11.5 Å². The smallest absolute Gasteiger partial charge is 0.410 e. The zero-order valence-corrected chi connectivity index (χ0v) is 23.3. The minimum Gasteiger partial charge on any atom is -0.493 e. The van der Waals surface area contributed by atoms with Gasteiger partial charge in [-0.2, -0.15) is 0 Å². The molecule has 0 spiro atoms. The summed E-state index contributed by atoms with van der Waals surface area (Å²) >= 11 is 1.46. The van der Waals surface area contributed by atoms with Gasteiger partial charge in [-0.15, -0.1) is 11.3 Å². The van der Waals surface area contributed by atoms with E-state index in [2.05, 4.69) is 10.6 Å². The first-order chi connectivity index (χ1) is 19.4. The summed E-state index contributed by atoms with van der Waals surface area (Å²) in [4.78, 5) is 41.0. The van der Waals surface area contributed by atoms with Crippen molar-refractivity contribution in [3.63, 3.8) is 0 Å². The van der Waals surface area contributed by atoms with Crippen molar-refractivity contribution >= 4 is 34.3 Å². The van der Waals surface area contributed by atoms with E-state index in [9.17, 15) is 14.4 Å². The summed E-state index contributed by atoms with van der Waals surface area (Å²) in [6.07, 6.45) is -0.319. The molecule has 0 saturated heterocycles. The van der Waals surface area contributed by atoms with Gasteiger partial charge in [0.2, 0.25) is 5.75 Å². The summed E-state index contributed by atoms with van der Waals surface area (Å²) in [6.45, 7) is 2.98. The van der Waals surface area contributed by atoms with Crippen LogP contribution in [0.2, 0.25) is 0 Å². The topological polar surface area (TPSA) is 125 Å². The Bertz CT molecular complexity index is 1440. The van der Waals surface area contributed by atoms with Crippen LogP contribution < -0.4 is 29.6 Å². The zero-order valence-electron chi connectivity index (χ0n) is 22.5. The second kappa shape index (κ2) is 11.3. The van der Waals surface area contributed by atoms with Gasteiger partial charge in [0.05, 0.1) is 45.6 Å². The molecule has 11 nitrogen and oxygen atoms in total. The highest BCUT2D eigenvalue weighted by Gasteiger charge is 2.34. The van der Waals surface area contributed by atoms with Crippen LogP contribution in [0.25, 0.3) is 0 Å². The predicted octanol–water partition coefficient (Wildman–Crippen LogP) is 4.36. The van der Waals surface area contributed by atoms with E-state index in [0.29, 0.717) is 60.2 Å². The van der Waals surface area contributed by atoms with Crippen LogP contribution in [-0.2, 0) is 17.7 Å². The average Bonchev–Trinajstić information content (AvgIpc) is 3.34. The van der Waals surface area contributed by atoms with Gasteiger partial charge in [0.25, 0.3) is 5.91 Å². The van der Waals surface area contributed by atoms with Gasteiger partial charge in [0, 0.05) is 11.4 Å². The molecule has 1 aromatic heterocycles. The lowest BCUT2D eigenvalue weighted by atomic mass is 10.0. The third-order valence-electron chi connectivity index (χ3n) is 6.66. The Hall–Kier alpha value is -4.45. The summed E-state index contributed by atoms with van der Waals surface area (Å²) in [5.74, 6) is 0.518. The number of benzene rings is 2. The zero-order chi connectivity index (χ0) is 28.4. The molecule has 1 atom stereocenters. The maximum Gasteiger partial charge on any atom is 0.410 e. The van der Waals surface area contributed by atoms with E-state index in [0.717, 1.165) is 15.4 Å². The number of carbonyl (C=O) groups is 3. The van der Waals surface area contributed by atoms with Crippen molar-refractivity contribution in [3.05, 3.63) is 63.5 Å². The van der Waals surface area contributed by atoms with Gasteiger partial charge in [-0.25, -0.2) is 9.59 Å². The number of amides is 2. The van der Waals surface area contributed by atoms with Gasteiger partial charge >= 0.3 is 12.1 Å². The molecule has 0 saturated carbocycles. The molecule has 210 valence electrons. The minimum atomic E-state index is -0.614. The van der Waals surface area contributed by atoms with Gasteiger partial charge in [-0.05, 0) is 48.7 Å². The number of hydrogen-bond donors (Lipinski definition) is 2. The summed E-state index contributed by atoms with van der Waals surface area (Å²) in [5, 5.41) is 7.13. The average molecular weight is 568 g/mol. The van der Waals surface area contributed by atoms with E-state index >= 15 is 0 Å². The number of carbonyl (C=O) groups excluding carboxylic acids is 3. The van der Waals surface area contributed by atoms with Gasteiger partial charge in [-0.1, -0.05) is 12.1 Å². The number of methoxy groups -OCH3 is 3. The molecule has 3 heterocycles. The van der Waals surface area contributed by atoms with Crippen LogP contribution in [0.4, 0.5) is 9.80 Å². The standard InChI is InChI=1S/C28H29N3O8S/c1-5-38-28(34)31-10-9-18-21(14-31)40-26-22(18)25(32)29-24(30-26)15-7-6-8-17(11-15)39-27(33)16-12-19(35-2)23(37-4)20(13-16)36-3/h6-8,11-13,24,30H,5,9-10,14H2,1-4H3,(H,29,32)/t24-/m1/s1. The van der Waals surface area contributed by atoms with Crippen molar-refractivity contribution in [3.8, 4) is 23.0 Å². The summed E-state index contributed by atoms with van der Waals surface area (Å²) in [6, 6.07) is 9.94. The molecule has 2 N–H and O–H groups in total. The molecule has 2 aliphatic heterocycles. The molecule has 2 aromatic carbocycles. The first-order valence-corrected chi connectivity index (χ1v) is 13.4. The van der Waals surface area contributed by atoms with Crippen LogP contribution in [0.5, 0.6) is 23.0 Å². The van der Waals surface area contributed by atoms with Crippen molar-refractivity contribution in [2.75, 3.05) is 39.8 Å². The van der Waals surface area contributed by atoms with E-state index in [4.69, 9.17) is 23.7 Å². The van der Waals surface area contributed by atoms with E-state index in [1.165, 1.54) is 44.8 Å². The van der Waals surface area contributed by atoms with Crippen molar-refractivity contribution in [1.82, 2.24) is 10.2 Å². The molecule has 0 unspecified atom stereocenters. The summed E-state index contributed by atoms with van der Waals surface area (Å²) in [7, 11) is 4.41. The van der Waals surface area contributed by atoms with Crippen molar-refractivity contribution in [2.45, 2.75) is 26.1 Å². The number of fused-ring (bicyclic) bond motifs is 3. The molecule has 0 bridgehead atoms. The van der Waals surface area contributed by atoms with E-state index in [1.54, 1.807) is 30.0 Å². The third kappa shape index (κ3) is 5.09. The van der Waals surface area contributed by atoms with Crippen LogP contribution in [0.3, 0.4) is 0 Å². The molecule has 0 radical (unpaired) electrons. The molecule has 2 amide bonds. The number of anilines is 1.